The first kappa shape index (κ1) is 25.0. The number of benzene rings is 3. The van der Waals surface area contributed by atoms with E-state index in [1.54, 1.807) is 61.8 Å². The second kappa shape index (κ2) is 11.2. The maximum absolute atomic E-state index is 14.3. The summed E-state index contributed by atoms with van der Waals surface area (Å²) in [6.45, 7) is 2.57. The van der Waals surface area contributed by atoms with Crippen LogP contribution >= 0.6 is 0 Å². The van der Waals surface area contributed by atoms with Gasteiger partial charge < -0.3 is 15.0 Å². The summed E-state index contributed by atoms with van der Waals surface area (Å²) < 4.78 is 33.4. The van der Waals surface area contributed by atoms with Crippen molar-refractivity contribution >= 4 is 16.9 Å². The summed E-state index contributed by atoms with van der Waals surface area (Å²) in [5, 5.41) is 2.92. The van der Waals surface area contributed by atoms with Crippen molar-refractivity contribution in [2.75, 3.05) is 13.2 Å². The molecule has 0 saturated heterocycles. The number of aryl methyl sites for hydroxylation is 1. The van der Waals surface area contributed by atoms with E-state index in [4.69, 9.17) is 14.7 Å². The van der Waals surface area contributed by atoms with Gasteiger partial charge in [-0.1, -0.05) is 0 Å². The molecule has 0 atom stereocenters. The van der Waals surface area contributed by atoms with Crippen molar-refractivity contribution in [1.29, 1.82) is 0 Å². The number of rotatable bonds is 9. The number of hydrogen-bond acceptors (Lipinski definition) is 5. The number of H-pyrrole nitrogens is 1. The maximum atomic E-state index is 14.3. The zero-order valence-electron chi connectivity index (χ0n) is 20.7. The van der Waals surface area contributed by atoms with Gasteiger partial charge in [0.1, 0.15) is 11.6 Å². The molecule has 0 unspecified atom stereocenters. The first-order valence-corrected chi connectivity index (χ1v) is 12.3. The van der Waals surface area contributed by atoms with E-state index in [0.29, 0.717) is 52.3 Å². The second-order valence-corrected chi connectivity index (χ2v) is 8.60. The highest BCUT2D eigenvalue weighted by molar-refractivity contribution is 5.98. The number of fused-ring (bicyclic) bond motifs is 1. The monoisotopic (exact) mass is 513 g/mol. The largest absolute Gasteiger partial charge is 0.491 e. The molecular formula is C29H25F2N5O2. The summed E-state index contributed by atoms with van der Waals surface area (Å²) >= 11 is 0. The molecule has 5 aromatic rings. The first-order chi connectivity index (χ1) is 18.5. The minimum absolute atomic E-state index is 0.0969. The average Bonchev–Trinajstić information content (AvgIpc) is 3.45. The zero-order chi connectivity index (χ0) is 26.5. The zero-order valence-corrected chi connectivity index (χ0v) is 20.7. The van der Waals surface area contributed by atoms with Gasteiger partial charge in [0.05, 0.1) is 29.0 Å². The van der Waals surface area contributed by atoms with Gasteiger partial charge in [-0.3, -0.25) is 4.79 Å². The van der Waals surface area contributed by atoms with Gasteiger partial charge in [0.25, 0.3) is 5.91 Å². The third-order valence-corrected chi connectivity index (χ3v) is 5.98. The molecule has 1 amide bonds. The lowest BCUT2D eigenvalue weighted by Gasteiger charge is -2.13. The van der Waals surface area contributed by atoms with E-state index < -0.39 is 5.82 Å². The number of hydrogen-bond donors (Lipinski definition) is 2. The Labute approximate surface area is 217 Å². The Kier molecular flexibility index (Phi) is 7.35. The lowest BCUT2D eigenvalue weighted by Crippen LogP contribution is -2.24. The van der Waals surface area contributed by atoms with E-state index in [1.807, 2.05) is 0 Å². The Bertz CT molecular complexity index is 1570. The van der Waals surface area contributed by atoms with E-state index in [1.165, 1.54) is 18.2 Å². The molecule has 7 nitrogen and oxygen atoms in total. The predicted octanol–water partition coefficient (Wildman–Crippen LogP) is 5.73. The summed E-state index contributed by atoms with van der Waals surface area (Å²) in [7, 11) is 0. The molecule has 0 aliphatic rings. The highest BCUT2D eigenvalue weighted by Crippen LogP contribution is 2.34. The summed E-state index contributed by atoms with van der Waals surface area (Å²) in [5.74, 6) is -0.113. The van der Waals surface area contributed by atoms with E-state index >= 15 is 0 Å². The topological polar surface area (TPSA) is 92.8 Å². The minimum Gasteiger partial charge on any atom is -0.491 e. The Morgan fingerprint density at radius 3 is 2.47 bits per heavy atom. The number of carbonyl (C=O) groups is 1. The number of imidazole rings is 1. The van der Waals surface area contributed by atoms with Crippen LogP contribution in [-0.2, 0) is 6.42 Å². The molecule has 0 bridgehead atoms. The first-order valence-electron chi connectivity index (χ1n) is 12.3. The molecule has 2 N–H and O–H groups in total. The molecule has 5 rings (SSSR count). The molecule has 9 heteroatoms. The van der Waals surface area contributed by atoms with Crippen LogP contribution in [-0.4, -0.2) is 39.0 Å². The van der Waals surface area contributed by atoms with Gasteiger partial charge in [-0.25, -0.2) is 23.7 Å². The van der Waals surface area contributed by atoms with E-state index in [-0.39, 0.29) is 17.5 Å². The summed E-state index contributed by atoms with van der Waals surface area (Å²) in [6, 6.07) is 15.5. The molecule has 38 heavy (non-hydrogen) atoms. The van der Waals surface area contributed by atoms with E-state index in [9.17, 15) is 13.6 Å². The number of amides is 1. The Balaban J connectivity index is 1.49. The maximum Gasteiger partial charge on any atom is 0.251 e. The van der Waals surface area contributed by atoms with Crippen LogP contribution in [0.1, 0.15) is 29.5 Å². The molecule has 2 aromatic heterocycles. The highest BCUT2D eigenvalue weighted by atomic mass is 19.1. The number of ether oxygens (including phenoxy) is 1. The van der Waals surface area contributed by atoms with Gasteiger partial charge in [0.2, 0.25) is 0 Å². The van der Waals surface area contributed by atoms with Crippen LogP contribution in [0, 0.1) is 11.6 Å². The standard InChI is InChI=1S/C29H25F2N5O2/c1-2-38-25-17-19(7-11-22(25)31)28-27(18-5-9-21(30)10-6-18)35-23-12-8-20(16-24(23)36-28)29(37)34-13-3-4-26-32-14-15-33-26/h5-12,14-17H,2-4,13H2,1H3,(H,32,33)(H,34,37). The Morgan fingerprint density at radius 1 is 0.947 bits per heavy atom. The van der Waals surface area contributed by atoms with Crippen LogP contribution in [0.5, 0.6) is 5.75 Å². The number of halogens is 2. The fourth-order valence-corrected chi connectivity index (χ4v) is 4.12. The Morgan fingerprint density at radius 2 is 1.71 bits per heavy atom. The van der Waals surface area contributed by atoms with Crippen LogP contribution in [0.3, 0.4) is 0 Å². The van der Waals surface area contributed by atoms with Crippen LogP contribution in [0.15, 0.2) is 73.1 Å². The van der Waals surface area contributed by atoms with Gasteiger partial charge in [0.15, 0.2) is 11.6 Å². The fraction of sp³-hybridized carbons (Fsp3) is 0.172. The van der Waals surface area contributed by atoms with Crippen molar-refractivity contribution < 1.29 is 18.3 Å². The number of aromatic amines is 1. The SMILES string of the molecule is CCOc1cc(-c2nc3cc(C(=O)NCCCc4ncc[nH]4)ccc3nc2-c2ccc(F)cc2)ccc1F. The molecule has 0 aliphatic carbocycles. The van der Waals surface area contributed by atoms with E-state index in [0.717, 1.165) is 18.7 Å². The minimum atomic E-state index is -0.487. The lowest BCUT2D eigenvalue weighted by molar-refractivity contribution is 0.0953. The molecule has 192 valence electrons. The number of nitrogens with one attached hydrogen (secondary N) is 2. The van der Waals surface area contributed by atoms with Crippen LogP contribution < -0.4 is 10.1 Å². The van der Waals surface area contributed by atoms with Crippen LogP contribution in [0.4, 0.5) is 8.78 Å². The van der Waals surface area contributed by atoms with Gasteiger partial charge >= 0.3 is 0 Å². The number of carbonyl (C=O) groups excluding carboxylic acids is 1. The average molecular weight is 514 g/mol. The van der Waals surface area contributed by atoms with Crippen molar-refractivity contribution in [2.45, 2.75) is 19.8 Å². The third kappa shape index (κ3) is 5.51. The van der Waals surface area contributed by atoms with Crippen LogP contribution in [0.25, 0.3) is 33.5 Å². The third-order valence-electron chi connectivity index (χ3n) is 5.98. The fourth-order valence-electron chi connectivity index (χ4n) is 4.12. The van der Waals surface area contributed by atoms with Gasteiger partial charge in [-0.2, -0.15) is 0 Å². The second-order valence-electron chi connectivity index (χ2n) is 8.60. The summed E-state index contributed by atoms with van der Waals surface area (Å²) in [5.41, 5.74) is 3.70. The van der Waals surface area contributed by atoms with Crippen molar-refractivity contribution in [3.63, 3.8) is 0 Å². The molecule has 0 radical (unpaired) electrons. The van der Waals surface area contributed by atoms with E-state index in [2.05, 4.69) is 15.3 Å². The number of aromatic nitrogens is 4. The Hall–Kier alpha value is -4.66. The highest BCUT2D eigenvalue weighted by Gasteiger charge is 2.17. The van der Waals surface area contributed by atoms with Crippen LogP contribution in [0.2, 0.25) is 0 Å². The van der Waals surface area contributed by atoms with Gasteiger partial charge in [0, 0.05) is 42.0 Å². The normalized spacial score (nSPS) is 11.0. The predicted molar refractivity (Wildman–Crippen MR) is 141 cm³/mol. The van der Waals surface area contributed by atoms with Crippen molar-refractivity contribution in [2.24, 2.45) is 0 Å². The van der Waals surface area contributed by atoms with Gasteiger partial charge in [-0.15, -0.1) is 0 Å². The van der Waals surface area contributed by atoms with Crippen molar-refractivity contribution in [3.05, 3.63) is 96.1 Å². The number of nitrogens with zero attached hydrogens (tertiary/aromatic N) is 3. The van der Waals surface area contributed by atoms with Gasteiger partial charge in [-0.05, 0) is 74.0 Å². The van der Waals surface area contributed by atoms with Crippen molar-refractivity contribution in [3.8, 4) is 28.3 Å². The summed E-state index contributed by atoms with van der Waals surface area (Å²) in [6.07, 6.45) is 4.94. The summed E-state index contributed by atoms with van der Waals surface area (Å²) in [4.78, 5) is 29.6. The quantitative estimate of drug-likeness (QED) is 0.246. The molecule has 0 aliphatic heterocycles. The molecule has 0 saturated carbocycles. The van der Waals surface area contributed by atoms with Crippen molar-refractivity contribution in [1.82, 2.24) is 25.3 Å². The smallest absolute Gasteiger partial charge is 0.251 e. The molecule has 0 spiro atoms. The molecule has 0 fully saturated rings. The molecular weight excluding hydrogens is 488 g/mol. The molecule has 2 heterocycles. The lowest BCUT2D eigenvalue weighted by atomic mass is 10.0. The molecule has 3 aromatic carbocycles.